The smallest absolute Gasteiger partial charge is 0.00561 e. The molecule has 3 aromatic rings. The Morgan fingerprint density at radius 1 is 0.632 bits per heavy atom. The summed E-state index contributed by atoms with van der Waals surface area (Å²) in [7, 11) is 0. The standard InChI is InChI=1S/C38H34/c1-4-14-27(15-5-1)30-24-31(28-16-6-2-7-17-28)26-32(25-30)38-35-22-12-10-20-33(35)37(29-18-8-3-9-19-29)34-21-11-13-23-36(34)38/h1,3-6,8,10,12,14,16-18,20-27H,2,7,9,11,13,15,19H2. The zero-order valence-corrected chi connectivity index (χ0v) is 22.0. The lowest BCUT2D eigenvalue weighted by Gasteiger charge is -2.22. The fourth-order valence-electron chi connectivity index (χ4n) is 6.66. The summed E-state index contributed by atoms with van der Waals surface area (Å²) in [6.07, 6.45) is 35.8. The zero-order valence-electron chi connectivity index (χ0n) is 22.0. The van der Waals surface area contributed by atoms with E-state index >= 15 is 0 Å². The molecule has 0 saturated heterocycles. The van der Waals surface area contributed by atoms with Gasteiger partial charge in [-0.25, -0.2) is 0 Å². The van der Waals surface area contributed by atoms with Crippen molar-refractivity contribution in [1.82, 2.24) is 0 Å². The monoisotopic (exact) mass is 490 g/mol. The summed E-state index contributed by atoms with van der Waals surface area (Å²) in [5.74, 6) is 0.419. The number of allylic oxidation sites excluding steroid dienone is 12. The van der Waals surface area contributed by atoms with Crippen molar-refractivity contribution < 1.29 is 0 Å². The van der Waals surface area contributed by atoms with Gasteiger partial charge in [0.25, 0.3) is 0 Å². The Balaban J connectivity index is 1.54. The van der Waals surface area contributed by atoms with Gasteiger partial charge in [-0.1, -0.05) is 109 Å². The van der Waals surface area contributed by atoms with E-state index in [9.17, 15) is 0 Å². The van der Waals surface area contributed by atoms with E-state index in [4.69, 9.17) is 0 Å². The van der Waals surface area contributed by atoms with Crippen LogP contribution in [0.25, 0.3) is 45.2 Å². The molecule has 0 bridgehead atoms. The Hall–Kier alpha value is -3.90. The van der Waals surface area contributed by atoms with Gasteiger partial charge < -0.3 is 0 Å². The van der Waals surface area contributed by atoms with E-state index in [1.54, 1.807) is 0 Å². The Morgan fingerprint density at radius 2 is 1.42 bits per heavy atom. The molecule has 0 saturated carbocycles. The van der Waals surface area contributed by atoms with Crippen molar-refractivity contribution in [3.63, 3.8) is 0 Å². The fraction of sp³-hybridized carbons (Fsp3) is 0.211. The molecule has 0 N–H and O–H groups in total. The predicted octanol–water partition coefficient (Wildman–Crippen LogP) is 8.93. The Labute approximate surface area is 226 Å². The molecule has 0 radical (unpaired) electrons. The number of fused-ring (bicyclic) bond motifs is 2. The van der Waals surface area contributed by atoms with Crippen LogP contribution in [0.1, 0.15) is 67.6 Å². The highest BCUT2D eigenvalue weighted by molar-refractivity contribution is 6.04. The molecule has 4 aliphatic carbocycles. The van der Waals surface area contributed by atoms with Gasteiger partial charge in [0.05, 0.1) is 0 Å². The highest BCUT2D eigenvalue weighted by atomic mass is 14.2. The molecule has 0 fully saturated rings. The molecule has 3 aromatic carbocycles. The van der Waals surface area contributed by atoms with Crippen LogP contribution >= 0.6 is 0 Å². The van der Waals surface area contributed by atoms with Crippen LogP contribution in [0.5, 0.6) is 0 Å². The van der Waals surface area contributed by atoms with Crippen LogP contribution in [0, 0.1) is 0 Å². The summed E-state index contributed by atoms with van der Waals surface area (Å²) in [6.45, 7) is 0. The molecular formula is C38H34. The first-order valence-corrected chi connectivity index (χ1v) is 14.3. The van der Waals surface area contributed by atoms with Crippen molar-refractivity contribution in [2.75, 3.05) is 0 Å². The van der Waals surface area contributed by atoms with E-state index in [1.807, 2.05) is 0 Å². The average molecular weight is 491 g/mol. The normalized spacial score (nSPS) is 19.9. The first kappa shape index (κ1) is 23.2. The largest absolute Gasteiger partial charge is 0.0842 e. The molecule has 0 amide bonds. The van der Waals surface area contributed by atoms with E-state index in [1.165, 1.54) is 60.2 Å². The zero-order chi connectivity index (χ0) is 25.3. The van der Waals surface area contributed by atoms with E-state index in [0.717, 1.165) is 44.9 Å². The number of benzene rings is 3. The summed E-state index contributed by atoms with van der Waals surface area (Å²) in [5, 5.41) is 5.63. The lowest BCUT2D eigenvalue weighted by atomic mass is 9.82. The molecule has 0 heterocycles. The van der Waals surface area contributed by atoms with Crippen molar-refractivity contribution >= 4 is 34.1 Å². The van der Waals surface area contributed by atoms with Gasteiger partial charge in [-0.3, -0.25) is 0 Å². The average Bonchev–Trinajstić information content (AvgIpc) is 3.01. The van der Waals surface area contributed by atoms with E-state index in [2.05, 4.69) is 115 Å². The molecule has 0 aliphatic heterocycles. The van der Waals surface area contributed by atoms with Gasteiger partial charge in [-0.05, 0) is 111 Å². The quantitative estimate of drug-likeness (QED) is 0.342. The molecule has 1 unspecified atom stereocenters. The second-order valence-corrected chi connectivity index (χ2v) is 10.9. The summed E-state index contributed by atoms with van der Waals surface area (Å²) in [4.78, 5) is 0. The molecule has 186 valence electrons. The predicted molar refractivity (Wildman–Crippen MR) is 165 cm³/mol. The van der Waals surface area contributed by atoms with Gasteiger partial charge in [0, 0.05) is 5.92 Å². The van der Waals surface area contributed by atoms with Crippen LogP contribution in [0.4, 0.5) is 0 Å². The minimum atomic E-state index is 0.419. The van der Waals surface area contributed by atoms with Gasteiger partial charge in [-0.2, -0.15) is 0 Å². The SMILES string of the molecule is C1=CCCC(c2c3c(c(-c4cc(C5=CCCC=C5)cc(C5C=CC=CC5)c4)c4ccccc24)=CCCC=3)=C1. The third kappa shape index (κ3) is 4.19. The first-order valence-electron chi connectivity index (χ1n) is 14.3. The third-order valence-corrected chi connectivity index (χ3v) is 8.47. The second kappa shape index (κ2) is 10.1. The topological polar surface area (TPSA) is 0 Å². The lowest BCUT2D eigenvalue weighted by Crippen LogP contribution is -2.33. The van der Waals surface area contributed by atoms with Gasteiger partial charge in [-0.15, -0.1) is 0 Å². The van der Waals surface area contributed by atoms with Crippen LogP contribution in [-0.2, 0) is 0 Å². The molecule has 7 rings (SSSR count). The van der Waals surface area contributed by atoms with Crippen LogP contribution in [0.2, 0.25) is 0 Å². The highest BCUT2D eigenvalue weighted by Crippen LogP contribution is 2.37. The lowest BCUT2D eigenvalue weighted by molar-refractivity contribution is 0.853. The molecule has 38 heavy (non-hydrogen) atoms. The first-order chi connectivity index (χ1) is 18.9. The number of hydrogen-bond donors (Lipinski definition) is 0. The molecule has 0 aromatic heterocycles. The molecule has 0 nitrogen and oxygen atoms in total. The molecule has 0 heteroatoms. The summed E-state index contributed by atoms with van der Waals surface area (Å²) in [5.41, 5.74) is 9.81. The summed E-state index contributed by atoms with van der Waals surface area (Å²) in [6, 6.07) is 16.5. The minimum absolute atomic E-state index is 0.419. The van der Waals surface area contributed by atoms with Crippen molar-refractivity contribution in [1.29, 1.82) is 0 Å². The molecule has 4 aliphatic rings. The van der Waals surface area contributed by atoms with Gasteiger partial charge in [0.15, 0.2) is 0 Å². The van der Waals surface area contributed by atoms with Crippen molar-refractivity contribution in [2.24, 2.45) is 0 Å². The van der Waals surface area contributed by atoms with E-state index < -0.39 is 0 Å². The van der Waals surface area contributed by atoms with Crippen LogP contribution in [0.3, 0.4) is 0 Å². The van der Waals surface area contributed by atoms with E-state index in [0.29, 0.717) is 5.92 Å². The van der Waals surface area contributed by atoms with Crippen molar-refractivity contribution in [3.05, 3.63) is 130 Å². The Morgan fingerprint density at radius 3 is 2.16 bits per heavy atom. The highest BCUT2D eigenvalue weighted by Gasteiger charge is 2.20. The van der Waals surface area contributed by atoms with Gasteiger partial charge >= 0.3 is 0 Å². The van der Waals surface area contributed by atoms with Crippen molar-refractivity contribution in [2.45, 2.75) is 50.9 Å². The van der Waals surface area contributed by atoms with E-state index in [-0.39, 0.29) is 0 Å². The maximum absolute atomic E-state index is 2.51. The summed E-state index contributed by atoms with van der Waals surface area (Å²) >= 11 is 0. The number of hydrogen-bond acceptors (Lipinski definition) is 0. The molecular weight excluding hydrogens is 456 g/mol. The second-order valence-electron chi connectivity index (χ2n) is 10.9. The summed E-state index contributed by atoms with van der Waals surface area (Å²) < 4.78 is 0. The molecule has 0 spiro atoms. The maximum atomic E-state index is 2.51. The number of rotatable bonds is 4. The van der Waals surface area contributed by atoms with Gasteiger partial charge in [0.1, 0.15) is 0 Å². The fourth-order valence-corrected chi connectivity index (χ4v) is 6.66. The van der Waals surface area contributed by atoms with Crippen LogP contribution < -0.4 is 10.4 Å². The Kier molecular flexibility index (Phi) is 6.18. The van der Waals surface area contributed by atoms with Crippen LogP contribution in [0.15, 0.2) is 103 Å². The molecule has 1 atom stereocenters. The van der Waals surface area contributed by atoms with Gasteiger partial charge in [0.2, 0.25) is 0 Å². The minimum Gasteiger partial charge on any atom is -0.0842 e. The van der Waals surface area contributed by atoms with Crippen LogP contribution in [-0.4, -0.2) is 0 Å². The maximum Gasteiger partial charge on any atom is 0.00561 e. The third-order valence-electron chi connectivity index (χ3n) is 8.47. The van der Waals surface area contributed by atoms with Crippen molar-refractivity contribution in [3.8, 4) is 11.1 Å². The Bertz CT molecular complexity index is 1730.